The van der Waals surface area contributed by atoms with E-state index in [0.29, 0.717) is 18.2 Å². The highest BCUT2D eigenvalue weighted by molar-refractivity contribution is 6.01. The average Bonchev–Trinajstić information content (AvgIpc) is 3.38. The number of nitrogens with zero attached hydrogens (tertiary/aromatic N) is 5. The lowest BCUT2D eigenvalue weighted by Crippen LogP contribution is -2.43. The smallest absolute Gasteiger partial charge is 0.251 e. The molecule has 0 spiro atoms. The molecule has 7 nitrogen and oxygen atoms in total. The molecule has 1 N–H and O–H groups in total. The number of H-pyrrole nitrogens is 1. The molecule has 0 radical (unpaired) electrons. The molecule has 0 unspecified atom stereocenters. The van der Waals surface area contributed by atoms with Gasteiger partial charge in [0.1, 0.15) is 17.0 Å². The van der Waals surface area contributed by atoms with Crippen LogP contribution in [-0.4, -0.2) is 49.3 Å². The summed E-state index contributed by atoms with van der Waals surface area (Å²) in [5.74, 6) is -1.76. The number of carbonyl (C=O) groups excluding carboxylic acids is 1. The zero-order chi connectivity index (χ0) is 22.3. The van der Waals surface area contributed by atoms with E-state index in [1.54, 1.807) is 6.20 Å². The molecule has 1 saturated carbocycles. The van der Waals surface area contributed by atoms with Gasteiger partial charge in [-0.1, -0.05) is 0 Å². The fourth-order valence-electron chi connectivity index (χ4n) is 5.22. The summed E-state index contributed by atoms with van der Waals surface area (Å²) in [6.07, 6.45) is 7.43. The lowest BCUT2D eigenvalue weighted by atomic mass is 9.84. The van der Waals surface area contributed by atoms with Gasteiger partial charge in [0.2, 0.25) is 5.91 Å². The normalized spacial score (nSPS) is 23.5. The van der Waals surface area contributed by atoms with Gasteiger partial charge >= 0.3 is 0 Å². The molecule has 9 heteroatoms. The number of pyridine rings is 1. The van der Waals surface area contributed by atoms with Gasteiger partial charge < -0.3 is 14.5 Å². The van der Waals surface area contributed by atoms with Crippen molar-refractivity contribution in [3.8, 4) is 6.07 Å². The second-order valence-electron chi connectivity index (χ2n) is 9.08. The van der Waals surface area contributed by atoms with Crippen LogP contribution in [0.3, 0.4) is 0 Å². The van der Waals surface area contributed by atoms with Crippen molar-refractivity contribution in [3.05, 3.63) is 24.3 Å². The first-order valence-corrected chi connectivity index (χ1v) is 11.3. The van der Waals surface area contributed by atoms with Crippen LogP contribution in [0.2, 0.25) is 0 Å². The average molecular weight is 440 g/mol. The number of nitriles is 1. The molecule has 32 heavy (non-hydrogen) atoms. The van der Waals surface area contributed by atoms with Crippen LogP contribution in [0.4, 0.5) is 8.78 Å². The predicted octanol–water partition coefficient (Wildman–Crippen LogP) is 4.36. The topological polar surface area (TPSA) is 90.6 Å². The summed E-state index contributed by atoms with van der Waals surface area (Å²) in [4.78, 5) is 26.9. The molecule has 2 aliphatic rings. The largest absolute Gasteiger partial charge is 0.346 e. The molecule has 3 aromatic heterocycles. The first kappa shape index (κ1) is 20.9. The number of amides is 1. The number of rotatable bonds is 4. The molecule has 0 aromatic carbocycles. The Morgan fingerprint density at radius 3 is 2.72 bits per heavy atom. The van der Waals surface area contributed by atoms with Crippen molar-refractivity contribution in [2.24, 2.45) is 5.92 Å². The van der Waals surface area contributed by atoms with Crippen molar-refractivity contribution in [2.75, 3.05) is 13.1 Å². The maximum atomic E-state index is 13.5. The number of piperidine rings is 1. The van der Waals surface area contributed by atoms with Gasteiger partial charge in [0.15, 0.2) is 0 Å². The Labute approximate surface area is 184 Å². The van der Waals surface area contributed by atoms with Crippen molar-refractivity contribution in [1.82, 2.24) is 24.4 Å². The molecular formula is C23H26F2N6O. The zero-order valence-electron chi connectivity index (χ0n) is 17.9. The van der Waals surface area contributed by atoms with E-state index in [4.69, 9.17) is 10.2 Å². The number of hydrogen-bond donors (Lipinski definition) is 1. The van der Waals surface area contributed by atoms with E-state index in [1.807, 2.05) is 12.3 Å². The number of likely N-dealkylation sites (tertiary alicyclic amines) is 1. The highest BCUT2D eigenvalue weighted by Crippen LogP contribution is 2.38. The fourth-order valence-corrected chi connectivity index (χ4v) is 5.22. The molecule has 0 bridgehead atoms. The summed E-state index contributed by atoms with van der Waals surface area (Å²) >= 11 is 0. The number of aromatic nitrogens is 4. The van der Waals surface area contributed by atoms with Gasteiger partial charge in [-0.15, -0.1) is 0 Å². The van der Waals surface area contributed by atoms with E-state index < -0.39 is 5.92 Å². The van der Waals surface area contributed by atoms with E-state index in [9.17, 15) is 13.6 Å². The van der Waals surface area contributed by atoms with Crippen LogP contribution in [-0.2, 0) is 11.2 Å². The minimum atomic E-state index is -2.68. The summed E-state index contributed by atoms with van der Waals surface area (Å²) in [7, 11) is 0. The Morgan fingerprint density at radius 1 is 1.25 bits per heavy atom. The Hall–Kier alpha value is -3.02. The quantitative estimate of drug-likeness (QED) is 0.653. The van der Waals surface area contributed by atoms with Crippen molar-refractivity contribution >= 4 is 28.0 Å². The molecule has 4 heterocycles. The maximum Gasteiger partial charge on any atom is 0.251 e. The van der Waals surface area contributed by atoms with Crippen LogP contribution in [0.5, 0.6) is 0 Å². The van der Waals surface area contributed by atoms with Crippen LogP contribution in [0, 0.1) is 17.2 Å². The number of aromatic amines is 1. The second-order valence-corrected chi connectivity index (χ2v) is 9.08. The third-order valence-corrected chi connectivity index (χ3v) is 7.03. The number of carbonyl (C=O) groups is 1. The minimum absolute atomic E-state index is 0.0783. The standard InChI is InChI=1S/C23H26F2N6O/c24-23(25)7-11-30(12-8-23)20(32)13-19-29-18-14-28-22-17(6-10-27-22)21(18)31(19)16-3-1-15(2-4-16)5-9-26/h6,10,14-16H,1-5,7-8,11-13H2,(H,27,28)/t15-,16-. The van der Waals surface area contributed by atoms with E-state index >= 15 is 0 Å². The third kappa shape index (κ3) is 3.83. The van der Waals surface area contributed by atoms with Gasteiger partial charge in [0.25, 0.3) is 5.92 Å². The Morgan fingerprint density at radius 2 is 2.00 bits per heavy atom. The molecule has 0 atom stereocenters. The van der Waals surface area contributed by atoms with Crippen LogP contribution in [0.15, 0.2) is 18.5 Å². The molecule has 1 aliphatic heterocycles. The fraction of sp³-hybridized carbons (Fsp3) is 0.565. The first-order valence-electron chi connectivity index (χ1n) is 11.3. The van der Waals surface area contributed by atoms with E-state index in [0.717, 1.165) is 47.8 Å². The number of nitrogens with one attached hydrogen (secondary N) is 1. The first-order chi connectivity index (χ1) is 15.4. The van der Waals surface area contributed by atoms with Crippen molar-refractivity contribution in [1.29, 1.82) is 5.26 Å². The molecule has 1 saturated heterocycles. The lowest BCUT2D eigenvalue weighted by molar-refractivity contribution is -0.136. The molecule has 2 fully saturated rings. The minimum Gasteiger partial charge on any atom is -0.346 e. The highest BCUT2D eigenvalue weighted by atomic mass is 19.3. The van der Waals surface area contributed by atoms with Crippen LogP contribution >= 0.6 is 0 Å². The van der Waals surface area contributed by atoms with Gasteiger partial charge in [-0.2, -0.15) is 5.26 Å². The summed E-state index contributed by atoms with van der Waals surface area (Å²) in [5.41, 5.74) is 2.48. The molecule has 1 amide bonds. The highest BCUT2D eigenvalue weighted by Gasteiger charge is 2.36. The summed E-state index contributed by atoms with van der Waals surface area (Å²) in [6.45, 7) is 0.157. The maximum absolute atomic E-state index is 13.5. The van der Waals surface area contributed by atoms with E-state index in [2.05, 4.69) is 20.6 Å². The Kier molecular flexibility index (Phi) is 5.31. The predicted molar refractivity (Wildman–Crippen MR) is 115 cm³/mol. The number of hydrogen-bond acceptors (Lipinski definition) is 4. The molecule has 1 aliphatic carbocycles. The SMILES string of the molecule is N#CC[C@H]1CC[C@H](n2c(CC(=O)N3CCC(F)(F)CC3)nc3cnc4[nH]ccc4c32)CC1. The molecule has 3 aromatic rings. The van der Waals surface area contributed by atoms with Crippen LogP contribution in [0.1, 0.15) is 56.8 Å². The summed E-state index contributed by atoms with van der Waals surface area (Å²) in [5, 5.41) is 10.0. The van der Waals surface area contributed by atoms with Crippen LogP contribution in [0.25, 0.3) is 22.1 Å². The lowest BCUT2D eigenvalue weighted by Gasteiger charge is -2.32. The van der Waals surface area contributed by atoms with Gasteiger partial charge in [-0.25, -0.2) is 18.7 Å². The van der Waals surface area contributed by atoms with Crippen molar-refractivity contribution < 1.29 is 13.6 Å². The number of imidazole rings is 1. The number of halogens is 2. The number of fused-ring (bicyclic) bond motifs is 3. The van der Waals surface area contributed by atoms with Crippen molar-refractivity contribution in [2.45, 2.75) is 63.3 Å². The number of alkyl halides is 2. The zero-order valence-corrected chi connectivity index (χ0v) is 17.9. The Bertz CT molecular complexity index is 1170. The molecule has 5 rings (SSSR count). The molecular weight excluding hydrogens is 414 g/mol. The van der Waals surface area contributed by atoms with Gasteiger partial charge in [0, 0.05) is 50.0 Å². The Balaban J connectivity index is 1.48. The van der Waals surface area contributed by atoms with Gasteiger partial charge in [-0.05, 0) is 37.7 Å². The monoisotopic (exact) mass is 440 g/mol. The van der Waals surface area contributed by atoms with Gasteiger partial charge in [-0.3, -0.25) is 4.79 Å². The van der Waals surface area contributed by atoms with Gasteiger partial charge in [0.05, 0.1) is 24.2 Å². The van der Waals surface area contributed by atoms with E-state index in [-0.39, 0.29) is 44.3 Å². The summed E-state index contributed by atoms with van der Waals surface area (Å²) in [6, 6.07) is 4.44. The van der Waals surface area contributed by atoms with E-state index in [1.165, 1.54) is 4.90 Å². The van der Waals surface area contributed by atoms with Crippen molar-refractivity contribution in [3.63, 3.8) is 0 Å². The molecule has 168 valence electrons. The van der Waals surface area contributed by atoms with Crippen LogP contribution < -0.4 is 0 Å². The third-order valence-electron chi connectivity index (χ3n) is 7.03. The second kappa shape index (κ2) is 8.15. The summed E-state index contributed by atoms with van der Waals surface area (Å²) < 4.78 is 29.3.